The smallest absolute Gasteiger partial charge is 0.119 e. The zero-order chi connectivity index (χ0) is 12.7. The van der Waals surface area contributed by atoms with Crippen LogP contribution in [0.15, 0.2) is 24.3 Å². The van der Waals surface area contributed by atoms with Crippen molar-refractivity contribution < 1.29 is 9.84 Å². The molecule has 17 heavy (non-hydrogen) atoms. The second-order valence-corrected chi connectivity index (χ2v) is 4.60. The average Bonchev–Trinajstić information content (AvgIpc) is 2.35. The minimum absolute atomic E-state index is 0.189. The van der Waals surface area contributed by atoms with Crippen LogP contribution in [0.5, 0.6) is 5.75 Å². The van der Waals surface area contributed by atoms with E-state index in [0.29, 0.717) is 11.6 Å². The Morgan fingerprint density at radius 2 is 2.00 bits per heavy atom. The van der Waals surface area contributed by atoms with Gasteiger partial charge >= 0.3 is 0 Å². The van der Waals surface area contributed by atoms with Crippen molar-refractivity contribution >= 4 is 11.6 Å². The molecule has 0 aliphatic carbocycles. The van der Waals surface area contributed by atoms with Gasteiger partial charge in [0.25, 0.3) is 0 Å². The summed E-state index contributed by atoms with van der Waals surface area (Å²) in [5.74, 6) is 0.840. The van der Waals surface area contributed by atoms with Gasteiger partial charge in [-0.15, -0.1) is 0 Å². The van der Waals surface area contributed by atoms with Crippen LogP contribution in [0.25, 0.3) is 0 Å². The van der Waals surface area contributed by atoms with E-state index in [9.17, 15) is 0 Å². The normalized spacial score (nSPS) is 12.8. The predicted octanol–water partition coefficient (Wildman–Crippen LogP) is 2.42. The van der Waals surface area contributed by atoms with Crippen molar-refractivity contribution in [2.24, 2.45) is 0 Å². The zero-order valence-corrected chi connectivity index (χ0v) is 11.2. The van der Waals surface area contributed by atoms with Crippen molar-refractivity contribution in [3.8, 4) is 5.75 Å². The molecule has 1 rings (SSSR count). The van der Waals surface area contributed by atoms with Crippen molar-refractivity contribution in [1.29, 1.82) is 0 Å². The molecule has 0 bridgehead atoms. The Balaban J connectivity index is 2.18. The van der Waals surface area contributed by atoms with Crippen molar-refractivity contribution in [1.82, 2.24) is 4.90 Å². The molecule has 1 N–H and O–H groups in total. The summed E-state index contributed by atoms with van der Waals surface area (Å²) in [6, 6.07) is 7.56. The Labute approximate surface area is 108 Å². The summed E-state index contributed by atoms with van der Waals surface area (Å²) in [5.41, 5.74) is 0. The molecule has 0 aliphatic heterocycles. The first-order valence-corrected chi connectivity index (χ1v) is 6.20. The topological polar surface area (TPSA) is 32.7 Å². The number of likely N-dealkylation sites (N-methyl/N-ethyl adjacent to an activating group) is 1. The first kappa shape index (κ1) is 14.3. The standard InChI is InChI=1S/C13H20ClNO2/c1-11(10-16)15(2)8-3-9-17-13-6-4-12(14)5-7-13/h4-7,11,16H,3,8-10H2,1-2H3. The lowest BCUT2D eigenvalue weighted by Crippen LogP contribution is -2.33. The molecular weight excluding hydrogens is 238 g/mol. The van der Waals surface area contributed by atoms with Crippen LogP contribution in [0, 0.1) is 0 Å². The molecule has 96 valence electrons. The maximum Gasteiger partial charge on any atom is 0.119 e. The summed E-state index contributed by atoms with van der Waals surface area (Å²) in [6.45, 7) is 3.77. The van der Waals surface area contributed by atoms with Crippen LogP contribution < -0.4 is 4.74 Å². The highest BCUT2D eigenvalue weighted by Gasteiger charge is 2.06. The third kappa shape index (κ3) is 5.39. The third-order valence-corrected chi connectivity index (χ3v) is 3.01. The molecule has 1 unspecified atom stereocenters. The highest BCUT2D eigenvalue weighted by Crippen LogP contribution is 2.15. The fraction of sp³-hybridized carbons (Fsp3) is 0.538. The third-order valence-electron chi connectivity index (χ3n) is 2.75. The molecule has 0 aliphatic rings. The summed E-state index contributed by atoms with van der Waals surface area (Å²) in [4.78, 5) is 2.12. The van der Waals surface area contributed by atoms with Crippen LogP contribution in [-0.4, -0.2) is 42.9 Å². The molecular formula is C13H20ClNO2. The van der Waals surface area contributed by atoms with E-state index >= 15 is 0 Å². The predicted molar refractivity (Wildman–Crippen MR) is 70.7 cm³/mol. The largest absolute Gasteiger partial charge is 0.494 e. The molecule has 3 nitrogen and oxygen atoms in total. The van der Waals surface area contributed by atoms with E-state index in [1.165, 1.54) is 0 Å². The monoisotopic (exact) mass is 257 g/mol. The minimum atomic E-state index is 0.189. The Morgan fingerprint density at radius 1 is 1.35 bits per heavy atom. The number of hydrogen-bond donors (Lipinski definition) is 1. The molecule has 1 atom stereocenters. The second kappa shape index (κ2) is 7.54. The van der Waals surface area contributed by atoms with Crippen LogP contribution in [-0.2, 0) is 0 Å². The maximum atomic E-state index is 8.98. The fourth-order valence-electron chi connectivity index (χ4n) is 1.39. The molecule has 4 heteroatoms. The van der Waals surface area contributed by atoms with Gasteiger partial charge in [0.15, 0.2) is 0 Å². The van der Waals surface area contributed by atoms with Gasteiger partial charge in [-0.1, -0.05) is 11.6 Å². The molecule has 1 aromatic carbocycles. The van der Waals surface area contributed by atoms with E-state index in [4.69, 9.17) is 21.4 Å². The summed E-state index contributed by atoms with van der Waals surface area (Å²) >= 11 is 5.78. The van der Waals surface area contributed by atoms with Gasteiger partial charge in [0, 0.05) is 17.6 Å². The SMILES string of the molecule is CC(CO)N(C)CCCOc1ccc(Cl)cc1. The number of halogens is 1. The zero-order valence-electron chi connectivity index (χ0n) is 10.4. The van der Waals surface area contributed by atoms with Crippen molar-refractivity contribution in [3.05, 3.63) is 29.3 Å². The van der Waals surface area contributed by atoms with Gasteiger partial charge in [0.2, 0.25) is 0 Å². The highest BCUT2D eigenvalue weighted by atomic mass is 35.5. The summed E-state index contributed by atoms with van der Waals surface area (Å²) < 4.78 is 5.58. The lowest BCUT2D eigenvalue weighted by molar-refractivity contribution is 0.151. The number of aliphatic hydroxyl groups is 1. The van der Waals surface area contributed by atoms with Crippen molar-refractivity contribution in [3.63, 3.8) is 0 Å². The van der Waals surface area contributed by atoms with Gasteiger partial charge in [-0.2, -0.15) is 0 Å². The number of benzene rings is 1. The van der Waals surface area contributed by atoms with Gasteiger partial charge in [-0.3, -0.25) is 0 Å². The fourth-order valence-corrected chi connectivity index (χ4v) is 1.52. The molecule has 0 fully saturated rings. The van der Waals surface area contributed by atoms with Crippen LogP contribution in [0.3, 0.4) is 0 Å². The van der Waals surface area contributed by atoms with Gasteiger partial charge in [-0.05, 0) is 44.7 Å². The van der Waals surface area contributed by atoms with Crippen LogP contribution in [0.2, 0.25) is 5.02 Å². The first-order valence-electron chi connectivity index (χ1n) is 5.83. The number of ether oxygens (including phenoxy) is 1. The van der Waals surface area contributed by atoms with E-state index in [1.54, 1.807) is 0 Å². The minimum Gasteiger partial charge on any atom is -0.494 e. The summed E-state index contributed by atoms with van der Waals surface area (Å²) in [6.07, 6.45) is 0.934. The van der Waals surface area contributed by atoms with Crippen LogP contribution in [0.4, 0.5) is 0 Å². The van der Waals surface area contributed by atoms with Crippen LogP contribution in [0.1, 0.15) is 13.3 Å². The van der Waals surface area contributed by atoms with Crippen LogP contribution >= 0.6 is 11.6 Å². The Hall–Kier alpha value is -0.770. The van der Waals surface area contributed by atoms with E-state index in [1.807, 2.05) is 38.2 Å². The molecule has 0 saturated heterocycles. The molecule has 0 aromatic heterocycles. The van der Waals surface area contributed by atoms with Gasteiger partial charge in [-0.25, -0.2) is 0 Å². The quantitative estimate of drug-likeness (QED) is 0.762. The molecule has 0 saturated carbocycles. The Morgan fingerprint density at radius 3 is 2.59 bits per heavy atom. The lowest BCUT2D eigenvalue weighted by Gasteiger charge is -2.22. The second-order valence-electron chi connectivity index (χ2n) is 4.17. The van der Waals surface area contributed by atoms with Crippen molar-refractivity contribution in [2.45, 2.75) is 19.4 Å². The molecule has 1 aromatic rings. The maximum absolute atomic E-state index is 8.98. The summed E-state index contributed by atoms with van der Waals surface area (Å²) in [5, 5.41) is 9.70. The molecule has 0 radical (unpaired) electrons. The number of nitrogens with zero attached hydrogens (tertiary/aromatic N) is 1. The Kier molecular flexibility index (Phi) is 6.34. The number of aliphatic hydroxyl groups excluding tert-OH is 1. The van der Waals surface area contributed by atoms with Crippen molar-refractivity contribution in [2.75, 3.05) is 26.8 Å². The van der Waals surface area contributed by atoms with Gasteiger partial charge < -0.3 is 14.7 Å². The number of rotatable bonds is 7. The highest BCUT2D eigenvalue weighted by molar-refractivity contribution is 6.30. The number of hydrogen-bond acceptors (Lipinski definition) is 3. The first-order chi connectivity index (χ1) is 8.13. The average molecular weight is 258 g/mol. The lowest BCUT2D eigenvalue weighted by atomic mass is 10.3. The molecule has 0 spiro atoms. The summed E-state index contributed by atoms with van der Waals surface area (Å²) in [7, 11) is 2.00. The molecule has 0 amide bonds. The Bertz CT molecular complexity index is 316. The van der Waals surface area contributed by atoms with Gasteiger partial charge in [0.05, 0.1) is 13.2 Å². The molecule has 0 heterocycles. The van der Waals surface area contributed by atoms with E-state index in [-0.39, 0.29) is 12.6 Å². The van der Waals surface area contributed by atoms with E-state index < -0.39 is 0 Å². The van der Waals surface area contributed by atoms with Gasteiger partial charge in [0.1, 0.15) is 5.75 Å². The van der Waals surface area contributed by atoms with E-state index in [0.717, 1.165) is 18.7 Å². The van der Waals surface area contributed by atoms with E-state index in [2.05, 4.69) is 4.90 Å².